The van der Waals surface area contributed by atoms with Crippen molar-refractivity contribution < 1.29 is 29.6 Å². The number of nitrogen functional groups attached to an aromatic ring is 1. The standard InChI is InChI=1S/C31H39N9O6/c32-27-24-28(36-18-35-27)40(29-26(43)25(42)23(17-41)46-29)31(37-24)34-16-19-5-7-20(8-6-19)21-3-1-4-22(15-21)45-14-2-9-38-10-12-39(13-11-38)30(33)44/h1,3-8,15,18,23,25-26,29,41-43H,2,9-14,16-17H2,(H2,33,44)(H,34,37)(H2,32,35,36)/t23-,25-,26-,29-/m1/s1. The maximum absolute atomic E-state index is 11.3. The number of fused-ring (bicyclic) bond motifs is 1. The Morgan fingerprint density at radius 3 is 2.54 bits per heavy atom. The minimum absolute atomic E-state index is 0.161. The molecule has 2 amide bonds. The van der Waals surface area contributed by atoms with Gasteiger partial charge in [0.05, 0.1) is 13.2 Å². The number of carbonyl (C=O) groups excluding carboxylic acids is 1. The highest BCUT2D eigenvalue weighted by atomic mass is 16.6. The lowest BCUT2D eigenvalue weighted by molar-refractivity contribution is -0.0501. The van der Waals surface area contributed by atoms with Crippen LogP contribution in [0.4, 0.5) is 16.6 Å². The Labute approximate surface area is 265 Å². The van der Waals surface area contributed by atoms with Crippen LogP contribution in [0.5, 0.6) is 5.75 Å². The van der Waals surface area contributed by atoms with Crippen molar-refractivity contribution in [3.05, 3.63) is 60.4 Å². The van der Waals surface area contributed by atoms with Crippen LogP contribution in [0.2, 0.25) is 0 Å². The van der Waals surface area contributed by atoms with Crippen LogP contribution >= 0.6 is 0 Å². The lowest BCUT2D eigenvalue weighted by Crippen LogP contribution is -2.50. The van der Waals surface area contributed by atoms with Crippen LogP contribution in [0.25, 0.3) is 22.3 Å². The van der Waals surface area contributed by atoms with Gasteiger partial charge in [0.2, 0.25) is 5.95 Å². The van der Waals surface area contributed by atoms with Gasteiger partial charge >= 0.3 is 6.03 Å². The van der Waals surface area contributed by atoms with Crippen molar-refractivity contribution in [3.8, 4) is 16.9 Å². The molecule has 0 unspecified atom stereocenters. The van der Waals surface area contributed by atoms with Gasteiger partial charge in [0.1, 0.15) is 30.4 Å². The fraction of sp³-hybridized carbons (Fsp3) is 0.419. The zero-order valence-corrected chi connectivity index (χ0v) is 25.3. The smallest absolute Gasteiger partial charge is 0.314 e. The Bertz CT molecular complexity index is 1640. The molecule has 2 aromatic heterocycles. The molecule has 2 aromatic carbocycles. The Kier molecular flexibility index (Phi) is 9.46. The van der Waals surface area contributed by atoms with E-state index in [-0.39, 0.29) is 11.8 Å². The molecule has 4 heterocycles. The summed E-state index contributed by atoms with van der Waals surface area (Å²) in [6.07, 6.45) is -2.45. The van der Waals surface area contributed by atoms with Gasteiger partial charge in [-0.1, -0.05) is 36.4 Å². The number of hydrogen-bond acceptors (Lipinski definition) is 12. The van der Waals surface area contributed by atoms with E-state index in [9.17, 15) is 20.1 Å². The third-order valence-electron chi connectivity index (χ3n) is 8.42. The number of imidazole rings is 1. The van der Waals surface area contributed by atoms with Gasteiger partial charge in [-0.25, -0.2) is 19.7 Å². The van der Waals surface area contributed by atoms with E-state index < -0.39 is 31.1 Å². The first kappa shape index (κ1) is 31.4. The van der Waals surface area contributed by atoms with Crippen molar-refractivity contribution in [2.45, 2.75) is 37.5 Å². The van der Waals surface area contributed by atoms with E-state index in [1.165, 1.54) is 10.9 Å². The number of primary amides is 1. The third kappa shape index (κ3) is 6.68. The van der Waals surface area contributed by atoms with Crippen LogP contribution in [0.1, 0.15) is 18.2 Å². The first-order valence-corrected chi connectivity index (χ1v) is 15.3. The number of benzene rings is 2. The highest BCUT2D eigenvalue weighted by molar-refractivity contribution is 5.84. The van der Waals surface area contributed by atoms with Gasteiger partial charge in [0, 0.05) is 39.3 Å². The number of amides is 2. The van der Waals surface area contributed by atoms with E-state index in [0.717, 1.165) is 48.5 Å². The Morgan fingerprint density at radius 1 is 1.04 bits per heavy atom. The molecular formula is C31H39N9O6. The summed E-state index contributed by atoms with van der Waals surface area (Å²) in [7, 11) is 0. The van der Waals surface area contributed by atoms with E-state index in [1.54, 1.807) is 4.90 Å². The molecule has 0 saturated carbocycles. The van der Waals surface area contributed by atoms with Gasteiger partial charge in [-0.3, -0.25) is 9.47 Å². The molecule has 4 atom stereocenters. The van der Waals surface area contributed by atoms with Crippen molar-refractivity contribution in [3.63, 3.8) is 0 Å². The number of aliphatic hydroxyl groups excluding tert-OH is 3. The SMILES string of the molecule is NC(=O)N1CCN(CCCOc2cccc(-c3ccc(CNc4nc5c(N)ncnc5n4[C@@H]4O[C@H](CO)[C@@H](O)[C@H]4O)cc3)c2)CC1. The first-order valence-electron chi connectivity index (χ1n) is 15.3. The second-order valence-corrected chi connectivity index (χ2v) is 11.4. The molecule has 0 aliphatic carbocycles. The second kappa shape index (κ2) is 13.8. The van der Waals surface area contributed by atoms with Gasteiger partial charge in [-0.2, -0.15) is 0 Å². The largest absolute Gasteiger partial charge is 0.494 e. The molecule has 15 heteroatoms. The molecule has 0 spiro atoms. The number of nitrogens with zero attached hydrogens (tertiary/aromatic N) is 6. The van der Waals surface area contributed by atoms with Crippen molar-refractivity contribution >= 4 is 29.0 Å². The number of aromatic nitrogens is 4. The summed E-state index contributed by atoms with van der Waals surface area (Å²) < 4.78 is 13.3. The predicted octanol–water partition coefficient (Wildman–Crippen LogP) is 0.764. The molecule has 15 nitrogen and oxygen atoms in total. The fourth-order valence-corrected chi connectivity index (χ4v) is 5.82. The van der Waals surface area contributed by atoms with E-state index >= 15 is 0 Å². The average Bonchev–Trinajstić information content (AvgIpc) is 3.59. The molecule has 8 N–H and O–H groups in total. The molecule has 2 aliphatic heterocycles. The summed E-state index contributed by atoms with van der Waals surface area (Å²) in [6.45, 7) is 4.38. The van der Waals surface area contributed by atoms with Gasteiger partial charge in [-0.05, 0) is 35.2 Å². The summed E-state index contributed by atoms with van der Waals surface area (Å²) >= 11 is 0. The van der Waals surface area contributed by atoms with Crippen molar-refractivity contribution in [2.24, 2.45) is 5.73 Å². The average molecular weight is 634 g/mol. The number of anilines is 2. The predicted molar refractivity (Wildman–Crippen MR) is 170 cm³/mol. The molecule has 0 bridgehead atoms. The summed E-state index contributed by atoms with van der Waals surface area (Å²) in [6, 6.07) is 15.7. The third-order valence-corrected chi connectivity index (χ3v) is 8.42. The van der Waals surface area contributed by atoms with Crippen LogP contribution in [-0.4, -0.2) is 115 Å². The molecule has 2 fully saturated rings. The number of urea groups is 1. The number of carbonyl (C=O) groups is 1. The van der Waals surface area contributed by atoms with E-state index in [2.05, 4.69) is 25.2 Å². The molecule has 4 aromatic rings. The second-order valence-electron chi connectivity index (χ2n) is 11.4. The topological polar surface area (TPSA) is 210 Å². The molecule has 6 rings (SSSR count). The van der Waals surface area contributed by atoms with Crippen molar-refractivity contribution in [1.29, 1.82) is 0 Å². The molecular weight excluding hydrogens is 594 g/mol. The zero-order valence-electron chi connectivity index (χ0n) is 25.3. The zero-order chi connectivity index (χ0) is 32.2. The maximum atomic E-state index is 11.3. The van der Waals surface area contributed by atoms with E-state index in [1.807, 2.05) is 48.5 Å². The Hall–Kier alpha value is -4.54. The molecule has 2 aliphatic rings. The molecule has 244 valence electrons. The summed E-state index contributed by atoms with van der Waals surface area (Å²) in [5, 5.41) is 33.9. The van der Waals surface area contributed by atoms with E-state index in [4.69, 9.17) is 20.9 Å². The van der Waals surface area contributed by atoms with Crippen molar-refractivity contribution in [1.82, 2.24) is 29.3 Å². The summed E-state index contributed by atoms with van der Waals surface area (Å²) in [4.78, 5) is 28.1. The van der Waals surface area contributed by atoms with Gasteiger partial charge < -0.3 is 46.5 Å². The van der Waals surface area contributed by atoms with E-state index in [0.29, 0.717) is 43.4 Å². The number of nitrogens with one attached hydrogen (secondary N) is 1. The number of piperazine rings is 1. The highest BCUT2D eigenvalue weighted by Crippen LogP contribution is 2.35. The van der Waals surface area contributed by atoms with Gasteiger partial charge in [0.15, 0.2) is 23.2 Å². The van der Waals surface area contributed by atoms with Crippen LogP contribution in [0.15, 0.2) is 54.9 Å². The quantitative estimate of drug-likeness (QED) is 0.127. The van der Waals surface area contributed by atoms with Crippen LogP contribution in [0.3, 0.4) is 0 Å². The minimum Gasteiger partial charge on any atom is -0.494 e. The summed E-state index contributed by atoms with van der Waals surface area (Å²) in [5.41, 5.74) is 15.1. The Balaban J connectivity index is 1.07. The number of nitrogens with two attached hydrogens (primary N) is 2. The fourth-order valence-electron chi connectivity index (χ4n) is 5.82. The number of hydrogen-bond donors (Lipinski definition) is 6. The van der Waals surface area contributed by atoms with Gasteiger partial charge in [-0.15, -0.1) is 0 Å². The molecule has 0 radical (unpaired) electrons. The van der Waals surface area contributed by atoms with Crippen LogP contribution in [0, 0.1) is 0 Å². The highest BCUT2D eigenvalue weighted by Gasteiger charge is 2.45. The minimum atomic E-state index is -1.32. The number of rotatable bonds is 11. The maximum Gasteiger partial charge on any atom is 0.314 e. The van der Waals surface area contributed by atoms with Crippen LogP contribution < -0.4 is 21.5 Å². The Morgan fingerprint density at radius 2 is 1.83 bits per heavy atom. The monoisotopic (exact) mass is 633 g/mol. The van der Waals surface area contributed by atoms with Crippen LogP contribution in [-0.2, 0) is 11.3 Å². The molecule has 46 heavy (non-hydrogen) atoms. The molecule has 2 saturated heterocycles. The normalized spacial score (nSPS) is 21.9. The summed E-state index contributed by atoms with van der Waals surface area (Å²) in [5.74, 6) is 1.28. The number of ether oxygens (including phenoxy) is 2. The first-order chi connectivity index (χ1) is 22.3. The number of aliphatic hydroxyl groups is 3. The van der Waals surface area contributed by atoms with Crippen molar-refractivity contribution in [2.75, 3.05) is 57.0 Å². The van der Waals surface area contributed by atoms with Gasteiger partial charge in [0.25, 0.3) is 0 Å². The lowest BCUT2D eigenvalue weighted by atomic mass is 10.0. The lowest BCUT2D eigenvalue weighted by Gasteiger charge is -2.33.